The summed E-state index contributed by atoms with van der Waals surface area (Å²) in [5.74, 6) is 0.578. The number of rotatable bonds is 4. The van der Waals surface area contributed by atoms with Crippen LogP contribution in [-0.2, 0) is 0 Å². The third-order valence-corrected chi connectivity index (χ3v) is 5.58. The number of para-hydroxylation sites is 1. The van der Waals surface area contributed by atoms with Crippen LogP contribution in [0.25, 0.3) is 11.3 Å². The second-order valence-electron chi connectivity index (χ2n) is 7.57. The Kier molecular flexibility index (Phi) is 4.32. The van der Waals surface area contributed by atoms with E-state index in [2.05, 4.69) is 30.3 Å². The first-order valence-electron chi connectivity index (χ1n) is 9.99. The van der Waals surface area contributed by atoms with Crippen LogP contribution in [0.5, 0.6) is 0 Å². The molecular formula is C24H23N3O. The SMILES string of the molecule is O=C(c1cc(C2CC2)nn1-c1ccccc1)N1CC=C(c2ccccc2)CC1. The summed E-state index contributed by atoms with van der Waals surface area (Å²) in [5.41, 5.74) is 5.23. The normalized spacial score (nSPS) is 16.7. The zero-order valence-electron chi connectivity index (χ0n) is 15.8. The maximum atomic E-state index is 13.3. The van der Waals surface area contributed by atoms with E-state index >= 15 is 0 Å². The average molecular weight is 369 g/mol. The molecule has 1 fully saturated rings. The van der Waals surface area contributed by atoms with Crippen LogP contribution in [0.2, 0.25) is 0 Å². The van der Waals surface area contributed by atoms with Crippen molar-refractivity contribution in [2.75, 3.05) is 13.1 Å². The van der Waals surface area contributed by atoms with Gasteiger partial charge in [0.05, 0.1) is 11.4 Å². The van der Waals surface area contributed by atoms with E-state index in [4.69, 9.17) is 5.10 Å². The number of carbonyl (C=O) groups is 1. The lowest BCUT2D eigenvalue weighted by atomic mass is 9.99. The summed E-state index contributed by atoms with van der Waals surface area (Å²) in [4.78, 5) is 15.3. The topological polar surface area (TPSA) is 38.1 Å². The second kappa shape index (κ2) is 7.12. The molecule has 2 heterocycles. The molecule has 1 aromatic heterocycles. The van der Waals surface area contributed by atoms with E-state index in [1.165, 1.54) is 24.0 Å². The van der Waals surface area contributed by atoms with E-state index in [0.29, 0.717) is 18.2 Å². The monoisotopic (exact) mass is 369 g/mol. The Morgan fingerprint density at radius 1 is 0.964 bits per heavy atom. The van der Waals surface area contributed by atoms with Crippen molar-refractivity contribution < 1.29 is 4.79 Å². The fraction of sp³-hybridized carbons (Fsp3) is 0.250. The van der Waals surface area contributed by atoms with Crippen LogP contribution in [0.1, 0.15) is 46.9 Å². The van der Waals surface area contributed by atoms with Crippen LogP contribution < -0.4 is 0 Å². The summed E-state index contributed by atoms with van der Waals surface area (Å²) in [6.45, 7) is 1.38. The van der Waals surface area contributed by atoms with E-state index < -0.39 is 0 Å². The molecule has 0 saturated heterocycles. The van der Waals surface area contributed by atoms with E-state index in [1.54, 1.807) is 0 Å². The highest BCUT2D eigenvalue weighted by Crippen LogP contribution is 2.40. The highest BCUT2D eigenvalue weighted by atomic mass is 16.2. The van der Waals surface area contributed by atoms with Crippen molar-refractivity contribution in [3.05, 3.63) is 89.8 Å². The van der Waals surface area contributed by atoms with E-state index in [1.807, 2.05) is 52.0 Å². The lowest BCUT2D eigenvalue weighted by molar-refractivity contribution is 0.0763. The van der Waals surface area contributed by atoms with Gasteiger partial charge in [0.15, 0.2) is 0 Å². The predicted molar refractivity (Wildman–Crippen MR) is 110 cm³/mol. The summed E-state index contributed by atoms with van der Waals surface area (Å²) in [7, 11) is 0. The smallest absolute Gasteiger partial charge is 0.272 e. The number of hydrogen-bond acceptors (Lipinski definition) is 2. The van der Waals surface area contributed by atoms with Gasteiger partial charge in [-0.1, -0.05) is 54.6 Å². The molecule has 140 valence electrons. The zero-order valence-corrected chi connectivity index (χ0v) is 15.8. The van der Waals surface area contributed by atoms with Crippen molar-refractivity contribution in [3.63, 3.8) is 0 Å². The van der Waals surface area contributed by atoms with E-state index in [0.717, 1.165) is 24.3 Å². The first kappa shape index (κ1) is 17.0. The molecule has 1 aliphatic heterocycles. The number of benzene rings is 2. The average Bonchev–Trinajstić information content (AvgIpc) is 3.53. The Morgan fingerprint density at radius 3 is 2.32 bits per heavy atom. The van der Waals surface area contributed by atoms with Crippen LogP contribution in [0.4, 0.5) is 0 Å². The van der Waals surface area contributed by atoms with Crippen LogP contribution in [0.3, 0.4) is 0 Å². The quantitative estimate of drug-likeness (QED) is 0.670. The largest absolute Gasteiger partial charge is 0.333 e. The predicted octanol–water partition coefficient (Wildman–Crippen LogP) is 4.68. The number of aromatic nitrogens is 2. The van der Waals surface area contributed by atoms with Crippen molar-refractivity contribution in [1.29, 1.82) is 0 Å². The van der Waals surface area contributed by atoms with E-state index in [-0.39, 0.29) is 5.91 Å². The Labute approximate surface area is 165 Å². The maximum Gasteiger partial charge on any atom is 0.272 e. The van der Waals surface area contributed by atoms with Crippen LogP contribution in [-0.4, -0.2) is 33.7 Å². The molecule has 4 nitrogen and oxygen atoms in total. The Morgan fingerprint density at radius 2 is 1.68 bits per heavy atom. The van der Waals surface area contributed by atoms with Crippen LogP contribution in [0, 0.1) is 0 Å². The minimum Gasteiger partial charge on any atom is -0.333 e. The van der Waals surface area contributed by atoms with Gasteiger partial charge < -0.3 is 4.90 Å². The van der Waals surface area contributed by atoms with Gasteiger partial charge in [0.25, 0.3) is 5.91 Å². The summed E-state index contributed by atoms with van der Waals surface area (Å²) in [6, 6.07) is 22.4. The fourth-order valence-corrected chi connectivity index (χ4v) is 3.83. The second-order valence-corrected chi connectivity index (χ2v) is 7.57. The van der Waals surface area contributed by atoms with Gasteiger partial charge in [-0.3, -0.25) is 4.79 Å². The lowest BCUT2D eigenvalue weighted by Gasteiger charge is -2.27. The van der Waals surface area contributed by atoms with Crippen molar-refractivity contribution in [3.8, 4) is 5.69 Å². The first-order chi connectivity index (χ1) is 13.8. The molecule has 2 aliphatic rings. The summed E-state index contributed by atoms with van der Waals surface area (Å²) in [6.07, 6.45) is 5.41. The molecule has 5 rings (SSSR count). The van der Waals surface area contributed by atoms with Gasteiger partial charge in [-0.05, 0) is 48.6 Å². The van der Waals surface area contributed by atoms with E-state index in [9.17, 15) is 4.79 Å². The van der Waals surface area contributed by atoms with Gasteiger partial charge in [-0.25, -0.2) is 4.68 Å². The third kappa shape index (κ3) is 3.26. The Bertz CT molecular complexity index is 1020. The highest BCUT2D eigenvalue weighted by Gasteiger charge is 2.30. The van der Waals surface area contributed by atoms with Crippen molar-refractivity contribution in [1.82, 2.24) is 14.7 Å². The molecule has 0 unspecified atom stereocenters. The molecule has 0 bridgehead atoms. The van der Waals surface area contributed by atoms with Crippen LogP contribution in [0.15, 0.2) is 72.8 Å². The summed E-state index contributed by atoms with van der Waals surface area (Å²) in [5, 5.41) is 4.77. The molecule has 1 saturated carbocycles. The number of carbonyl (C=O) groups excluding carboxylic acids is 1. The molecule has 0 radical (unpaired) electrons. The van der Waals surface area contributed by atoms with Crippen molar-refractivity contribution in [2.45, 2.75) is 25.2 Å². The maximum absolute atomic E-state index is 13.3. The lowest BCUT2D eigenvalue weighted by Crippen LogP contribution is -2.35. The first-order valence-corrected chi connectivity index (χ1v) is 9.99. The molecule has 3 aromatic rings. The number of hydrogen-bond donors (Lipinski definition) is 0. The van der Waals surface area contributed by atoms with Crippen LogP contribution >= 0.6 is 0 Å². The van der Waals surface area contributed by atoms with Gasteiger partial charge in [0, 0.05) is 19.0 Å². The third-order valence-electron chi connectivity index (χ3n) is 5.58. The molecular weight excluding hydrogens is 346 g/mol. The number of nitrogens with zero attached hydrogens (tertiary/aromatic N) is 3. The van der Waals surface area contributed by atoms with Gasteiger partial charge >= 0.3 is 0 Å². The minimum atomic E-state index is 0.0617. The molecule has 4 heteroatoms. The molecule has 0 spiro atoms. The summed E-state index contributed by atoms with van der Waals surface area (Å²) >= 11 is 0. The van der Waals surface area contributed by atoms with Gasteiger partial charge in [0.1, 0.15) is 5.69 Å². The minimum absolute atomic E-state index is 0.0617. The molecule has 28 heavy (non-hydrogen) atoms. The number of amides is 1. The molecule has 1 amide bonds. The van der Waals surface area contributed by atoms with Gasteiger partial charge in [-0.15, -0.1) is 0 Å². The standard InChI is InChI=1S/C24H23N3O/c28-24(26-15-13-19(14-16-26)18-7-3-1-4-8-18)23-17-22(20-11-12-20)25-27(23)21-9-5-2-6-10-21/h1-10,13,17,20H,11-12,14-16H2. The van der Waals surface area contributed by atoms with Crippen molar-refractivity contribution >= 4 is 11.5 Å². The zero-order chi connectivity index (χ0) is 18.9. The van der Waals surface area contributed by atoms with Gasteiger partial charge in [-0.2, -0.15) is 5.10 Å². The van der Waals surface area contributed by atoms with Crippen molar-refractivity contribution in [2.24, 2.45) is 0 Å². The fourth-order valence-electron chi connectivity index (χ4n) is 3.83. The highest BCUT2D eigenvalue weighted by molar-refractivity contribution is 5.94. The Hall–Kier alpha value is -3.14. The molecule has 0 N–H and O–H groups in total. The molecule has 2 aromatic carbocycles. The Balaban J connectivity index is 1.42. The molecule has 1 aliphatic carbocycles. The van der Waals surface area contributed by atoms with Gasteiger partial charge in [0.2, 0.25) is 0 Å². The molecule has 0 atom stereocenters. The summed E-state index contributed by atoms with van der Waals surface area (Å²) < 4.78 is 1.83.